The van der Waals surface area contributed by atoms with Gasteiger partial charge in [0.05, 0.1) is 0 Å². The van der Waals surface area contributed by atoms with E-state index in [1.165, 1.54) is 35.5 Å². The molecule has 0 unspecified atom stereocenters. The van der Waals surface area contributed by atoms with Gasteiger partial charge in [-0.2, -0.15) is 0 Å². The lowest BCUT2D eigenvalue weighted by atomic mass is 9.87. The fraction of sp³-hybridized carbons (Fsp3) is 0.538. The average molecular weight is 221 g/mol. The molecule has 1 aliphatic rings. The first-order valence-electron chi connectivity index (χ1n) is 5.75. The molecule has 1 fully saturated rings. The fourth-order valence-corrected chi connectivity index (χ4v) is 2.87. The molecule has 1 nitrogen and oxygen atoms in total. The molecular weight excluding hydrogens is 202 g/mol. The van der Waals surface area contributed by atoms with E-state index in [4.69, 9.17) is 0 Å². The van der Waals surface area contributed by atoms with Gasteiger partial charge in [0.1, 0.15) is 0 Å². The van der Waals surface area contributed by atoms with Crippen molar-refractivity contribution in [2.24, 2.45) is 5.92 Å². The molecule has 2 heteroatoms. The van der Waals surface area contributed by atoms with Crippen LogP contribution in [0.4, 0.5) is 0 Å². The second kappa shape index (κ2) is 5.57. The van der Waals surface area contributed by atoms with E-state index in [-0.39, 0.29) is 0 Å². The van der Waals surface area contributed by atoms with Crippen molar-refractivity contribution in [3.63, 3.8) is 0 Å². The van der Waals surface area contributed by atoms with E-state index in [1.54, 1.807) is 0 Å². The average Bonchev–Trinajstić information content (AvgIpc) is 2.19. The molecule has 0 amide bonds. The molecule has 15 heavy (non-hydrogen) atoms. The Kier molecular flexibility index (Phi) is 4.09. The highest BCUT2D eigenvalue weighted by molar-refractivity contribution is 7.99. The van der Waals surface area contributed by atoms with Crippen molar-refractivity contribution in [1.29, 1.82) is 0 Å². The van der Waals surface area contributed by atoms with Crippen LogP contribution in [0.5, 0.6) is 0 Å². The van der Waals surface area contributed by atoms with Crippen molar-refractivity contribution in [3.8, 4) is 0 Å². The second-order valence-corrected chi connectivity index (χ2v) is 5.38. The molecule has 82 valence electrons. The Balaban J connectivity index is 1.80. The molecule has 1 aliphatic carbocycles. The zero-order valence-corrected chi connectivity index (χ0v) is 10.1. The molecule has 0 radical (unpaired) electrons. The summed E-state index contributed by atoms with van der Waals surface area (Å²) in [6.45, 7) is 0.966. The Bertz CT molecular complexity index is 290. The summed E-state index contributed by atoms with van der Waals surface area (Å²) in [7, 11) is 1.99. The zero-order valence-electron chi connectivity index (χ0n) is 9.33. The van der Waals surface area contributed by atoms with Crippen LogP contribution in [0.15, 0.2) is 29.2 Å². The molecule has 0 heterocycles. The van der Waals surface area contributed by atoms with E-state index >= 15 is 0 Å². The smallest absolute Gasteiger partial charge is 0.0202 e. The van der Waals surface area contributed by atoms with Gasteiger partial charge in [0, 0.05) is 17.2 Å². The van der Waals surface area contributed by atoms with E-state index in [2.05, 4.69) is 29.6 Å². The van der Waals surface area contributed by atoms with E-state index < -0.39 is 0 Å². The minimum Gasteiger partial charge on any atom is -0.316 e. The fourth-order valence-electron chi connectivity index (χ4n) is 1.78. The Morgan fingerprint density at radius 3 is 2.53 bits per heavy atom. The maximum atomic E-state index is 3.17. The van der Waals surface area contributed by atoms with E-state index in [9.17, 15) is 0 Å². The third kappa shape index (κ3) is 3.25. The lowest BCUT2D eigenvalue weighted by Crippen LogP contribution is -2.13. The summed E-state index contributed by atoms with van der Waals surface area (Å²) in [4.78, 5) is 1.42. The molecule has 0 spiro atoms. The van der Waals surface area contributed by atoms with E-state index in [0.717, 1.165) is 12.5 Å². The monoisotopic (exact) mass is 221 g/mol. The molecule has 0 aliphatic heterocycles. The van der Waals surface area contributed by atoms with Crippen LogP contribution in [0, 0.1) is 5.92 Å². The normalized spacial score (nSPS) is 16.3. The largest absolute Gasteiger partial charge is 0.316 e. The van der Waals surface area contributed by atoms with E-state index in [1.807, 2.05) is 18.8 Å². The summed E-state index contributed by atoms with van der Waals surface area (Å²) in [5.41, 5.74) is 1.37. The Morgan fingerprint density at radius 1 is 1.27 bits per heavy atom. The molecule has 0 atom stereocenters. The van der Waals surface area contributed by atoms with Crippen molar-refractivity contribution in [2.45, 2.75) is 30.7 Å². The highest BCUT2D eigenvalue weighted by Gasteiger charge is 2.16. The third-order valence-corrected chi connectivity index (χ3v) is 4.26. The van der Waals surface area contributed by atoms with Gasteiger partial charge in [0.2, 0.25) is 0 Å². The lowest BCUT2D eigenvalue weighted by molar-refractivity contribution is 0.353. The van der Waals surface area contributed by atoms with E-state index in [0.29, 0.717) is 0 Å². The van der Waals surface area contributed by atoms with Crippen LogP contribution in [-0.2, 0) is 6.54 Å². The molecule has 0 bridgehead atoms. The van der Waals surface area contributed by atoms with Crippen molar-refractivity contribution < 1.29 is 0 Å². The molecular formula is C13H19NS. The van der Waals surface area contributed by atoms with Crippen LogP contribution >= 0.6 is 11.8 Å². The first-order valence-corrected chi connectivity index (χ1v) is 6.73. The van der Waals surface area contributed by atoms with Gasteiger partial charge < -0.3 is 5.32 Å². The number of hydrogen-bond acceptors (Lipinski definition) is 2. The van der Waals surface area contributed by atoms with Crippen LogP contribution in [0.2, 0.25) is 0 Å². The molecule has 1 aromatic rings. The first kappa shape index (κ1) is 11.0. The number of rotatable bonds is 5. The van der Waals surface area contributed by atoms with Gasteiger partial charge in [-0.05, 0) is 43.5 Å². The Labute approximate surface area is 96.7 Å². The summed E-state index contributed by atoms with van der Waals surface area (Å²) < 4.78 is 0. The van der Waals surface area contributed by atoms with Gasteiger partial charge in [0.25, 0.3) is 0 Å². The van der Waals surface area contributed by atoms with Crippen molar-refractivity contribution >= 4 is 11.8 Å². The summed E-state index contributed by atoms with van der Waals surface area (Å²) in [5, 5.41) is 3.17. The van der Waals surface area contributed by atoms with Crippen LogP contribution in [-0.4, -0.2) is 12.8 Å². The highest BCUT2D eigenvalue weighted by Crippen LogP contribution is 2.32. The highest BCUT2D eigenvalue weighted by atomic mass is 32.2. The quantitative estimate of drug-likeness (QED) is 0.766. The zero-order chi connectivity index (χ0) is 10.5. The molecule has 0 saturated heterocycles. The minimum absolute atomic E-state index is 0.966. The van der Waals surface area contributed by atoms with Crippen LogP contribution in [0.3, 0.4) is 0 Å². The number of nitrogens with one attached hydrogen (secondary N) is 1. The van der Waals surface area contributed by atoms with Gasteiger partial charge in [-0.25, -0.2) is 0 Å². The topological polar surface area (TPSA) is 12.0 Å². The summed E-state index contributed by atoms with van der Waals surface area (Å²) in [5.74, 6) is 2.30. The predicted molar refractivity (Wildman–Crippen MR) is 67.3 cm³/mol. The Morgan fingerprint density at radius 2 is 2.00 bits per heavy atom. The molecule has 0 aromatic heterocycles. The lowest BCUT2D eigenvalue weighted by Gasteiger charge is -2.24. The molecule has 2 rings (SSSR count). The van der Waals surface area contributed by atoms with Gasteiger partial charge in [-0.1, -0.05) is 18.6 Å². The SMILES string of the molecule is CNCc1ccc(SCC2CCC2)cc1. The maximum Gasteiger partial charge on any atom is 0.0202 e. The van der Waals surface area contributed by atoms with Crippen molar-refractivity contribution in [1.82, 2.24) is 5.32 Å². The van der Waals surface area contributed by atoms with Crippen LogP contribution in [0.1, 0.15) is 24.8 Å². The Hall–Kier alpha value is -0.470. The molecule has 1 N–H and O–H groups in total. The van der Waals surface area contributed by atoms with Crippen LogP contribution in [0.25, 0.3) is 0 Å². The predicted octanol–water partition coefficient (Wildman–Crippen LogP) is 3.30. The molecule has 1 aromatic carbocycles. The van der Waals surface area contributed by atoms with Crippen molar-refractivity contribution in [3.05, 3.63) is 29.8 Å². The van der Waals surface area contributed by atoms with Gasteiger partial charge in [0.15, 0.2) is 0 Å². The summed E-state index contributed by atoms with van der Waals surface area (Å²) >= 11 is 2.01. The number of thioether (sulfide) groups is 1. The maximum absolute atomic E-state index is 3.17. The van der Waals surface area contributed by atoms with Gasteiger partial charge in [-0.15, -0.1) is 11.8 Å². The summed E-state index contributed by atoms with van der Waals surface area (Å²) in [6, 6.07) is 8.94. The van der Waals surface area contributed by atoms with Gasteiger partial charge >= 0.3 is 0 Å². The summed E-state index contributed by atoms with van der Waals surface area (Å²) in [6.07, 6.45) is 4.35. The number of benzene rings is 1. The van der Waals surface area contributed by atoms with Crippen LogP contribution < -0.4 is 5.32 Å². The standard InChI is InChI=1S/C13H19NS/c1-14-9-11-5-7-13(8-6-11)15-10-12-3-2-4-12/h5-8,12,14H,2-4,9-10H2,1H3. The molecule has 1 saturated carbocycles. The first-order chi connectivity index (χ1) is 7.38. The van der Waals surface area contributed by atoms with Gasteiger partial charge in [-0.3, -0.25) is 0 Å². The second-order valence-electron chi connectivity index (χ2n) is 4.28. The third-order valence-electron chi connectivity index (χ3n) is 3.01. The minimum atomic E-state index is 0.966. The number of hydrogen-bond donors (Lipinski definition) is 1. The van der Waals surface area contributed by atoms with Crippen molar-refractivity contribution in [2.75, 3.05) is 12.8 Å².